The zero-order valence-electron chi connectivity index (χ0n) is 40.9. The van der Waals surface area contributed by atoms with E-state index in [4.69, 9.17) is 24.9 Å². The SMILES string of the molecule is [2H]c1c([2H])c([2H])c2c(c1[2H])c1c([2H])c([2H])c([2H])c([2H])c1n2-c1ccc(-c2cc(-c3ccccc3)cc(-c3ccccc3)c2)cc1-c1nc(-c2ccccc2)nc(-c2cccc3oc4ccccc4c23)n1. The van der Waals surface area contributed by atoms with E-state index in [1.807, 2.05) is 121 Å². The Balaban J connectivity index is 1.22. The largest absolute Gasteiger partial charge is 0.456 e. The van der Waals surface area contributed by atoms with Crippen LogP contribution in [0, 0.1) is 0 Å². The standard InChI is InChI=1S/C57H36N4O/c1-4-17-37(18-5-1)41-33-42(38-19-6-2-7-20-38)35-43(34-41)40-31-32-51(61-49-27-13-10-23-44(49)45-24-11-14-28-50(45)61)48(36-40)57-59-55(39-21-8-3-9-22-39)58-56(60-57)47-26-16-30-53-54(47)46-25-12-15-29-52(46)62-53/h1-36H/i10D,11D,13D,14D,23D,24D,27D,28D. The van der Waals surface area contributed by atoms with Crippen molar-refractivity contribution in [3.05, 3.63) is 218 Å². The van der Waals surface area contributed by atoms with Crippen LogP contribution in [0.1, 0.15) is 11.0 Å². The topological polar surface area (TPSA) is 56.7 Å². The van der Waals surface area contributed by atoms with Crippen LogP contribution in [0.3, 0.4) is 0 Å². The van der Waals surface area contributed by atoms with Gasteiger partial charge in [-0.05, 0) is 87.9 Å². The summed E-state index contributed by atoms with van der Waals surface area (Å²) >= 11 is 0. The molecule has 5 heteroatoms. The third-order valence-electron chi connectivity index (χ3n) is 11.3. The normalized spacial score (nSPS) is 13.4. The molecule has 0 saturated carbocycles. The summed E-state index contributed by atoms with van der Waals surface area (Å²) in [6, 6.07) is 51.5. The highest BCUT2D eigenvalue weighted by molar-refractivity contribution is 6.12. The summed E-state index contributed by atoms with van der Waals surface area (Å²) in [6.07, 6.45) is 0. The summed E-state index contributed by atoms with van der Waals surface area (Å²) in [5.41, 5.74) is 8.99. The number of furan rings is 1. The molecule has 0 amide bonds. The van der Waals surface area contributed by atoms with Crippen molar-refractivity contribution in [1.29, 1.82) is 0 Å². The second-order valence-electron chi connectivity index (χ2n) is 15.0. The molecule has 290 valence electrons. The molecule has 0 saturated heterocycles. The summed E-state index contributed by atoms with van der Waals surface area (Å²) in [5, 5.41) is 1.61. The van der Waals surface area contributed by atoms with Crippen molar-refractivity contribution in [3.63, 3.8) is 0 Å². The second kappa shape index (κ2) is 14.7. The van der Waals surface area contributed by atoms with Crippen molar-refractivity contribution in [2.24, 2.45) is 0 Å². The van der Waals surface area contributed by atoms with E-state index in [1.54, 1.807) is 6.07 Å². The van der Waals surface area contributed by atoms with E-state index in [2.05, 4.69) is 42.5 Å². The number of hydrogen-bond acceptors (Lipinski definition) is 4. The molecule has 0 bridgehead atoms. The molecule has 0 aliphatic heterocycles. The van der Waals surface area contributed by atoms with E-state index >= 15 is 0 Å². The van der Waals surface area contributed by atoms with E-state index in [9.17, 15) is 5.48 Å². The molecule has 0 spiro atoms. The van der Waals surface area contributed by atoms with Crippen molar-refractivity contribution in [3.8, 4) is 73.2 Å². The maximum atomic E-state index is 9.40. The van der Waals surface area contributed by atoms with Gasteiger partial charge in [0.25, 0.3) is 0 Å². The number of nitrogens with zero attached hydrogens (tertiary/aromatic N) is 4. The first-order valence-corrected chi connectivity index (χ1v) is 20.2. The molecule has 12 aromatic rings. The number of rotatable bonds is 7. The molecule has 3 heterocycles. The first-order valence-electron chi connectivity index (χ1n) is 24.2. The minimum Gasteiger partial charge on any atom is -0.456 e. The summed E-state index contributed by atoms with van der Waals surface area (Å²) in [4.78, 5) is 15.6. The lowest BCUT2D eigenvalue weighted by Gasteiger charge is -2.17. The van der Waals surface area contributed by atoms with Gasteiger partial charge in [-0.15, -0.1) is 0 Å². The molecule has 0 radical (unpaired) electrons. The van der Waals surface area contributed by atoms with Crippen LogP contribution in [-0.4, -0.2) is 19.5 Å². The van der Waals surface area contributed by atoms with Crippen LogP contribution in [0.5, 0.6) is 0 Å². The number of fused-ring (bicyclic) bond motifs is 6. The van der Waals surface area contributed by atoms with Gasteiger partial charge in [-0.25, -0.2) is 15.0 Å². The molecular formula is C57H36N4O. The Bertz CT molecular complexity index is 3970. The third kappa shape index (κ3) is 6.06. The molecule has 0 unspecified atom stereocenters. The average Bonchev–Trinajstić information content (AvgIpc) is 3.98. The summed E-state index contributed by atoms with van der Waals surface area (Å²) in [5.74, 6) is 0.885. The van der Waals surface area contributed by atoms with Crippen molar-refractivity contribution in [1.82, 2.24) is 19.5 Å². The Kier molecular flexibility index (Phi) is 6.67. The van der Waals surface area contributed by atoms with Gasteiger partial charge in [0, 0.05) is 38.2 Å². The molecule has 12 rings (SSSR count). The Labute approximate surface area is 369 Å². The van der Waals surface area contributed by atoms with Crippen molar-refractivity contribution in [2.45, 2.75) is 0 Å². The molecule has 3 aromatic heterocycles. The van der Waals surface area contributed by atoms with Gasteiger partial charge in [0.2, 0.25) is 0 Å². The Morgan fingerprint density at radius 2 is 0.887 bits per heavy atom. The maximum absolute atomic E-state index is 9.40. The van der Waals surface area contributed by atoms with E-state index < -0.39 is 48.3 Å². The molecule has 0 aliphatic rings. The molecule has 9 aromatic carbocycles. The molecule has 0 fully saturated rings. The zero-order chi connectivity index (χ0) is 47.9. The summed E-state index contributed by atoms with van der Waals surface area (Å²) < 4.78 is 80.2. The quantitative estimate of drug-likeness (QED) is 0.161. The Morgan fingerprint density at radius 3 is 1.53 bits per heavy atom. The van der Waals surface area contributed by atoms with E-state index in [1.165, 1.54) is 4.57 Å². The monoisotopic (exact) mass is 800 g/mol. The first-order chi connectivity index (χ1) is 34.0. The van der Waals surface area contributed by atoms with Crippen LogP contribution < -0.4 is 0 Å². The minimum atomic E-state index is -0.525. The van der Waals surface area contributed by atoms with E-state index in [0.717, 1.165) is 44.2 Å². The fraction of sp³-hybridized carbons (Fsp3) is 0. The van der Waals surface area contributed by atoms with E-state index in [0.29, 0.717) is 45.2 Å². The van der Waals surface area contributed by atoms with Crippen molar-refractivity contribution >= 4 is 43.7 Å². The lowest BCUT2D eigenvalue weighted by molar-refractivity contribution is 0.669. The highest BCUT2D eigenvalue weighted by atomic mass is 16.3. The predicted molar refractivity (Wildman–Crippen MR) is 254 cm³/mol. The molecule has 0 N–H and O–H groups in total. The molecular weight excluding hydrogens is 757 g/mol. The average molecular weight is 801 g/mol. The van der Waals surface area contributed by atoms with Crippen LogP contribution in [0.4, 0.5) is 0 Å². The molecule has 0 aliphatic carbocycles. The lowest BCUT2D eigenvalue weighted by atomic mass is 9.92. The number of benzene rings is 9. The van der Waals surface area contributed by atoms with Crippen molar-refractivity contribution < 1.29 is 15.4 Å². The van der Waals surface area contributed by atoms with Gasteiger partial charge in [0.1, 0.15) is 11.2 Å². The number of para-hydroxylation sites is 3. The number of hydrogen-bond donors (Lipinski definition) is 0. The third-order valence-corrected chi connectivity index (χ3v) is 11.3. The maximum Gasteiger partial charge on any atom is 0.166 e. The molecule has 0 atom stereocenters. The highest BCUT2D eigenvalue weighted by Gasteiger charge is 2.22. The van der Waals surface area contributed by atoms with Crippen LogP contribution in [0.2, 0.25) is 0 Å². The van der Waals surface area contributed by atoms with Crippen molar-refractivity contribution in [2.75, 3.05) is 0 Å². The second-order valence-corrected chi connectivity index (χ2v) is 15.0. The van der Waals surface area contributed by atoms with Crippen LogP contribution >= 0.6 is 0 Å². The van der Waals surface area contributed by atoms with Gasteiger partial charge >= 0.3 is 0 Å². The Hall–Kier alpha value is -8.41. The van der Waals surface area contributed by atoms with Gasteiger partial charge < -0.3 is 8.98 Å². The first kappa shape index (κ1) is 28.1. The fourth-order valence-corrected chi connectivity index (χ4v) is 8.43. The smallest absolute Gasteiger partial charge is 0.166 e. The van der Waals surface area contributed by atoms with E-state index in [-0.39, 0.29) is 27.6 Å². The van der Waals surface area contributed by atoms with Crippen LogP contribution in [0.25, 0.3) is 117 Å². The van der Waals surface area contributed by atoms with Gasteiger partial charge in [0.15, 0.2) is 17.5 Å². The van der Waals surface area contributed by atoms with Crippen LogP contribution in [-0.2, 0) is 0 Å². The van der Waals surface area contributed by atoms with Gasteiger partial charge in [-0.3, -0.25) is 0 Å². The van der Waals surface area contributed by atoms with Gasteiger partial charge in [-0.2, -0.15) is 0 Å². The number of aromatic nitrogens is 4. The zero-order valence-corrected chi connectivity index (χ0v) is 32.9. The molecule has 5 nitrogen and oxygen atoms in total. The van der Waals surface area contributed by atoms with Gasteiger partial charge in [0.05, 0.1) is 27.7 Å². The summed E-state index contributed by atoms with van der Waals surface area (Å²) in [6.45, 7) is 0. The van der Waals surface area contributed by atoms with Gasteiger partial charge in [-0.1, -0.05) is 164 Å². The predicted octanol–water partition coefficient (Wildman–Crippen LogP) is 14.9. The van der Waals surface area contributed by atoms with Crippen LogP contribution in [0.15, 0.2) is 223 Å². The molecule has 62 heavy (non-hydrogen) atoms. The minimum absolute atomic E-state index is 0.0216. The fourth-order valence-electron chi connectivity index (χ4n) is 8.43. The summed E-state index contributed by atoms with van der Waals surface area (Å²) in [7, 11) is 0. The Morgan fingerprint density at radius 1 is 0.371 bits per heavy atom. The lowest BCUT2D eigenvalue weighted by Crippen LogP contribution is -2.04. The highest BCUT2D eigenvalue weighted by Crippen LogP contribution is 2.41.